The van der Waals surface area contributed by atoms with Gasteiger partial charge >= 0.3 is 0 Å². The van der Waals surface area contributed by atoms with Gasteiger partial charge in [-0.2, -0.15) is 0 Å². The minimum atomic E-state index is -0.220. The Balaban J connectivity index is 2.43. The van der Waals surface area contributed by atoms with Crippen LogP contribution in [0.2, 0.25) is 0 Å². The van der Waals surface area contributed by atoms with Crippen LogP contribution in [0.5, 0.6) is 0 Å². The quantitative estimate of drug-likeness (QED) is 0.709. The third kappa shape index (κ3) is 1.13. The maximum Gasteiger partial charge on any atom is 0.204 e. The summed E-state index contributed by atoms with van der Waals surface area (Å²) in [7, 11) is 0. The Morgan fingerprint density at radius 3 is 2.62 bits per heavy atom. The number of nitrogens with one attached hydrogen (secondary N) is 1. The van der Waals surface area contributed by atoms with Crippen molar-refractivity contribution in [1.82, 2.24) is 0 Å². The first-order chi connectivity index (χ1) is 7.77. The molecule has 2 aromatic carbocycles. The van der Waals surface area contributed by atoms with Crippen LogP contribution in [0.25, 0.3) is 16.8 Å². The van der Waals surface area contributed by atoms with Gasteiger partial charge in [-0.3, -0.25) is 10.2 Å². The number of hydrogen-bond acceptors (Lipinski definition) is 2. The van der Waals surface area contributed by atoms with E-state index in [0.717, 1.165) is 21.9 Å². The van der Waals surface area contributed by atoms with Gasteiger partial charge in [0.2, 0.25) is 5.78 Å². The largest absolute Gasteiger partial charge is 0.296 e. The van der Waals surface area contributed by atoms with E-state index in [1.165, 1.54) is 6.08 Å². The van der Waals surface area contributed by atoms with E-state index in [0.29, 0.717) is 0 Å². The van der Waals surface area contributed by atoms with Gasteiger partial charge in [0, 0.05) is 5.56 Å². The molecule has 0 radical (unpaired) electrons. The number of ketones is 1. The van der Waals surface area contributed by atoms with Crippen molar-refractivity contribution in [3.05, 3.63) is 53.6 Å². The van der Waals surface area contributed by atoms with Crippen molar-refractivity contribution < 1.29 is 4.79 Å². The van der Waals surface area contributed by atoms with Gasteiger partial charge in [-0.15, -0.1) is 0 Å². The number of carbonyl (C=O) groups is 1. The highest BCUT2D eigenvalue weighted by Crippen LogP contribution is 2.26. The zero-order valence-electron chi connectivity index (χ0n) is 8.53. The van der Waals surface area contributed by atoms with Crippen LogP contribution in [0.15, 0.2) is 42.5 Å². The van der Waals surface area contributed by atoms with Crippen LogP contribution in [0.1, 0.15) is 11.1 Å². The van der Waals surface area contributed by atoms with E-state index in [2.05, 4.69) is 0 Å². The van der Waals surface area contributed by atoms with E-state index in [9.17, 15) is 4.79 Å². The summed E-state index contributed by atoms with van der Waals surface area (Å²) in [6.45, 7) is 0. The summed E-state index contributed by atoms with van der Waals surface area (Å²) >= 11 is 0. The van der Waals surface area contributed by atoms with Crippen molar-refractivity contribution in [3.8, 4) is 0 Å². The fraction of sp³-hybridized carbons (Fsp3) is 0. The third-order valence-corrected chi connectivity index (χ3v) is 2.89. The van der Waals surface area contributed by atoms with E-state index in [-0.39, 0.29) is 11.5 Å². The van der Waals surface area contributed by atoms with Crippen molar-refractivity contribution >= 4 is 28.3 Å². The second-order valence-corrected chi connectivity index (χ2v) is 3.82. The van der Waals surface area contributed by atoms with Crippen LogP contribution >= 0.6 is 0 Å². The molecule has 0 spiro atoms. The van der Waals surface area contributed by atoms with Gasteiger partial charge in [0.05, 0.1) is 0 Å². The predicted molar refractivity (Wildman–Crippen MR) is 64.8 cm³/mol. The summed E-state index contributed by atoms with van der Waals surface area (Å²) < 4.78 is 0. The number of rotatable bonds is 0. The lowest BCUT2D eigenvalue weighted by molar-refractivity contribution is -0.108. The summed E-state index contributed by atoms with van der Waals surface area (Å²) in [5, 5.41) is 9.97. The van der Waals surface area contributed by atoms with Crippen LogP contribution in [0.3, 0.4) is 0 Å². The second-order valence-electron chi connectivity index (χ2n) is 3.82. The fourth-order valence-corrected chi connectivity index (χ4v) is 2.07. The highest BCUT2D eigenvalue weighted by atomic mass is 16.1. The van der Waals surface area contributed by atoms with Crippen molar-refractivity contribution in [2.24, 2.45) is 0 Å². The van der Waals surface area contributed by atoms with Crippen molar-refractivity contribution in [3.63, 3.8) is 0 Å². The van der Waals surface area contributed by atoms with E-state index < -0.39 is 0 Å². The molecule has 1 aliphatic carbocycles. The molecular formula is C14H9NO. The molecule has 0 amide bonds. The summed E-state index contributed by atoms with van der Waals surface area (Å²) in [4.78, 5) is 11.4. The van der Waals surface area contributed by atoms with Crippen molar-refractivity contribution in [2.75, 3.05) is 0 Å². The lowest BCUT2D eigenvalue weighted by Gasteiger charge is -2.13. The van der Waals surface area contributed by atoms with Crippen LogP contribution in [0, 0.1) is 5.41 Å². The molecule has 2 nitrogen and oxygen atoms in total. The molecule has 0 heterocycles. The van der Waals surface area contributed by atoms with Gasteiger partial charge in [-0.25, -0.2) is 0 Å². The molecule has 2 aromatic rings. The molecule has 0 saturated heterocycles. The minimum Gasteiger partial charge on any atom is -0.296 e. The SMILES string of the molecule is N=C1C(=O)C=Cc2c1ccc1ccccc21. The monoisotopic (exact) mass is 207 g/mol. The molecule has 0 bridgehead atoms. The van der Waals surface area contributed by atoms with Gasteiger partial charge in [-0.1, -0.05) is 36.4 Å². The molecule has 1 N–H and O–H groups in total. The minimum absolute atomic E-state index is 0.0863. The van der Waals surface area contributed by atoms with Gasteiger partial charge < -0.3 is 0 Å². The summed E-state index contributed by atoms with van der Waals surface area (Å²) in [6.07, 6.45) is 3.27. The highest BCUT2D eigenvalue weighted by molar-refractivity contribution is 6.51. The molecule has 0 saturated carbocycles. The van der Waals surface area contributed by atoms with Crippen LogP contribution in [0.4, 0.5) is 0 Å². The first-order valence-corrected chi connectivity index (χ1v) is 5.10. The third-order valence-electron chi connectivity index (χ3n) is 2.89. The Labute approximate surface area is 92.7 Å². The molecule has 1 aliphatic rings. The molecule has 76 valence electrons. The number of fused-ring (bicyclic) bond motifs is 3. The van der Waals surface area contributed by atoms with E-state index in [1.54, 1.807) is 6.08 Å². The van der Waals surface area contributed by atoms with Gasteiger partial charge in [-0.05, 0) is 28.5 Å². The van der Waals surface area contributed by atoms with Crippen LogP contribution in [-0.2, 0) is 4.79 Å². The molecule has 0 aliphatic heterocycles. The Kier molecular flexibility index (Phi) is 1.77. The lowest BCUT2D eigenvalue weighted by atomic mass is 9.90. The average molecular weight is 207 g/mol. The maximum absolute atomic E-state index is 11.4. The van der Waals surface area contributed by atoms with Crippen LogP contribution in [-0.4, -0.2) is 11.5 Å². The number of benzene rings is 2. The molecule has 0 unspecified atom stereocenters. The first kappa shape index (κ1) is 9.04. The molecular weight excluding hydrogens is 198 g/mol. The van der Waals surface area contributed by atoms with Crippen molar-refractivity contribution in [1.29, 1.82) is 5.41 Å². The Bertz CT molecular complexity index is 653. The molecule has 16 heavy (non-hydrogen) atoms. The molecule has 3 rings (SSSR count). The number of allylic oxidation sites excluding steroid dienone is 1. The first-order valence-electron chi connectivity index (χ1n) is 5.10. The molecule has 0 fully saturated rings. The van der Waals surface area contributed by atoms with Gasteiger partial charge in [0.15, 0.2) is 0 Å². The summed E-state index contributed by atoms with van der Waals surface area (Å²) in [5.74, 6) is -0.220. The van der Waals surface area contributed by atoms with E-state index in [1.807, 2.05) is 36.4 Å². The number of hydrogen-bond donors (Lipinski definition) is 1. The smallest absolute Gasteiger partial charge is 0.204 e. The zero-order chi connectivity index (χ0) is 11.1. The molecule has 0 atom stereocenters. The Morgan fingerprint density at radius 2 is 1.75 bits per heavy atom. The maximum atomic E-state index is 11.4. The summed E-state index contributed by atoms with van der Waals surface area (Å²) in [5.41, 5.74) is 1.79. The zero-order valence-corrected chi connectivity index (χ0v) is 8.53. The highest BCUT2D eigenvalue weighted by Gasteiger charge is 2.18. The predicted octanol–water partition coefficient (Wildman–Crippen LogP) is 2.80. The second kappa shape index (κ2) is 3.14. The topological polar surface area (TPSA) is 40.9 Å². The van der Waals surface area contributed by atoms with Gasteiger partial charge in [0.1, 0.15) is 5.71 Å². The lowest BCUT2D eigenvalue weighted by Crippen LogP contribution is -2.16. The Morgan fingerprint density at radius 1 is 0.938 bits per heavy atom. The number of carbonyl (C=O) groups excluding carboxylic acids is 1. The fourth-order valence-electron chi connectivity index (χ4n) is 2.07. The summed E-state index contributed by atoms with van der Waals surface area (Å²) in [6, 6.07) is 11.8. The average Bonchev–Trinajstić information content (AvgIpc) is 2.33. The van der Waals surface area contributed by atoms with E-state index in [4.69, 9.17) is 5.41 Å². The Hall–Kier alpha value is -2.22. The molecule has 2 heteroatoms. The standard InChI is InChI=1S/C14H9NO/c15-14-12-6-5-9-3-1-2-4-10(9)11(12)7-8-13(14)16/h1-8,15H. The van der Waals surface area contributed by atoms with E-state index >= 15 is 0 Å². The van der Waals surface area contributed by atoms with Crippen molar-refractivity contribution in [2.45, 2.75) is 0 Å². The van der Waals surface area contributed by atoms with Crippen LogP contribution < -0.4 is 0 Å². The normalized spacial score (nSPS) is 14.2. The van der Waals surface area contributed by atoms with Gasteiger partial charge in [0.25, 0.3) is 0 Å². The molecule has 0 aromatic heterocycles.